The van der Waals surface area contributed by atoms with Gasteiger partial charge in [0.25, 0.3) is 0 Å². The van der Waals surface area contributed by atoms with E-state index in [0.717, 1.165) is 32.1 Å². The van der Waals surface area contributed by atoms with Crippen molar-refractivity contribution in [1.82, 2.24) is 0 Å². The maximum absolute atomic E-state index is 12.6. The second-order valence-corrected chi connectivity index (χ2v) is 10.0. The van der Waals surface area contributed by atoms with Crippen molar-refractivity contribution < 1.29 is 9.53 Å². The second kappa shape index (κ2) is 7.97. The van der Waals surface area contributed by atoms with E-state index in [1.54, 1.807) is 5.56 Å². The van der Waals surface area contributed by atoms with Crippen LogP contribution in [0.5, 0.6) is 0 Å². The van der Waals surface area contributed by atoms with E-state index < -0.39 is 5.60 Å². The first-order chi connectivity index (χ1) is 13.9. The Labute approximate surface area is 175 Å². The molecule has 29 heavy (non-hydrogen) atoms. The van der Waals surface area contributed by atoms with Gasteiger partial charge in [0.1, 0.15) is 5.60 Å². The number of carbonyl (C=O) groups excluding carboxylic acids is 1. The molecule has 2 aliphatic rings. The summed E-state index contributed by atoms with van der Waals surface area (Å²) in [4.78, 5) is 12.6. The molecule has 2 heteroatoms. The number of hydrogen-bond acceptors (Lipinski definition) is 2. The molecule has 0 heterocycles. The summed E-state index contributed by atoms with van der Waals surface area (Å²) in [7, 11) is 0. The molecule has 154 valence electrons. The van der Waals surface area contributed by atoms with Crippen LogP contribution in [-0.2, 0) is 27.8 Å². The molecule has 2 aromatic rings. The topological polar surface area (TPSA) is 26.3 Å². The summed E-state index contributed by atoms with van der Waals surface area (Å²) in [5, 5.41) is 0. The third kappa shape index (κ3) is 4.27. The highest BCUT2D eigenvalue weighted by molar-refractivity contribution is 5.73. The number of hydrogen-bond donors (Lipinski definition) is 0. The lowest BCUT2D eigenvalue weighted by Gasteiger charge is -2.42. The van der Waals surface area contributed by atoms with Crippen molar-refractivity contribution in [3.63, 3.8) is 0 Å². The van der Waals surface area contributed by atoms with Gasteiger partial charge in [-0.05, 0) is 93.7 Å². The van der Waals surface area contributed by atoms with Gasteiger partial charge in [-0.15, -0.1) is 0 Å². The molecule has 2 aliphatic carbocycles. The van der Waals surface area contributed by atoms with E-state index >= 15 is 0 Å². The lowest BCUT2D eigenvalue weighted by molar-refractivity contribution is -0.161. The molecule has 1 spiro atoms. The molecule has 0 radical (unpaired) electrons. The molecule has 0 bridgehead atoms. The number of benzene rings is 2. The van der Waals surface area contributed by atoms with Crippen molar-refractivity contribution in [2.75, 3.05) is 0 Å². The lowest BCUT2D eigenvalue weighted by atomic mass is 9.62. The van der Waals surface area contributed by atoms with Gasteiger partial charge in [-0.1, -0.05) is 54.6 Å². The Morgan fingerprint density at radius 3 is 2.34 bits per heavy atom. The van der Waals surface area contributed by atoms with E-state index in [0.29, 0.717) is 5.92 Å². The Hall–Kier alpha value is -2.09. The van der Waals surface area contributed by atoms with Crippen molar-refractivity contribution in [2.45, 2.75) is 76.7 Å². The van der Waals surface area contributed by atoms with Crippen LogP contribution < -0.4 is 0 Å². The molecular formula is C27H34O2. The predicted molar refractivity (Wildman–Crippen MR) is 118 cm³/mol. The number of fused-ring (bicyclic) bond motifs is 2. The van der Waals surface area contributed by atoms with Gasteiger partial charge in [-0.3, -0.25) is 4.79 Å². The summed E-state index contributed by atoms with van der Waals surface area (Å²) < 4.78 is 5.69. The second-order valence-electron chi connectivity index (χ2n) is 10.0. The van der Waals surface area contributed by atoms with E-state index in [9.17, 15) is 4.79 Å². The van der Waals surface area contributed by atoms with Gasteiger partial charge in [0, 0.05) is 0 Å². The van der Waals surface area contributed by atoms with Crippen LogP contribution in [0.4, 0.5) is 0 Å². The zero-order valence-corrected chi connectivity index (χ0v) is 18.1. The van der Waals surface area contributed by atoms with Crippen LogP contribution in [0.3, 0.4) is 0 Å². The minimum Gasteiger partial charge on any atom is -0.460 e. The van der Waals surface area contributed by atoms with E-state index in [4.69, 9.17) is 4.74 Å². The highest BCUT2D eigenvalue weighted by atomic mass is 16.6. The minimum atomic E-state index is -0.398. The van der Waals surface area contributed by atoms with Crippen molar-refractivity contribution in [3.8, 4) is 0 Å². The molecule has 0 aliphatic heterocycles. The third-order valence-electron chi connectivity index (χ3n) is 7.04. The molecule has 1 fully saturated rings. The predicted octanol–water partition coefficient (Wildman–Crippen LogP) is 6.26. The summed E-state index contributed by atoms with van der Waals surface area (Å²) in [6.07, 6.45) is 7.64. The van der Waals surface area contributed by atoms with Gasteiger partial charge in [0.05, 0.1) is 5.92 Å². The smallest absolute Gasteiger partial charge is 0.309 e. The molecule has 4 rings (SSSR count). The first-order valence-electron chi connectivity index (χ1n) is 11.2. The zero-order chi connectivity index (χ0) is 20.5. The molecule has 1 atom stereocenters. The Morgan fingerprint density at radius 2 is 1.66 bits per heavy atom. The van der Waals surface area contributed by atoms with Gasteiger partial charge >= 0.3 is 5.97 Å². The van der Waals surface area contributed by atoms with Crippen LogP contribution in [-0.4, -0.2) is 11.6 Å². The molecule has 0 N–H and O–H groups in total. The van der Waals surface area contributed by atoms with Crippen molar-refractivity contribution in [3.05, 3.63) is 71.3 Å². The number of ether oxygens (including phenoxy) is 1. The summed E-state index contributed by atoms with van der Waals surface area (Å²) in [6, 6.07) is 19.9. The molecule has 1 saturated carbocycles. The number of rotatable bonds is 4. The van der Waals surface area contributed by atoms with Crippen LogP contribution >= 0.6 is 0 Å². The molecule has 0 saturated heterocycles. The van der Waals surface area contributed by atoms with Gasteiger partial charge in [0.15, 0.2) is 0 Å². The third-order valence-corrected chi connectivity index (χ3v) is 7.04. The van der Waals surface area contributed by atoms with E-state index in [-0.39, 0.29) is 17.3 Å². The fourth-order valence-corrected chi connectivity index (χ4v) is 5.66. The number of aryl methyl sites for hydroxylation is 1. The summed E-state index contributed by atoms with van der Waals surface area (Å²) >= 11 is 0. The molecular weight excluding hydrogens is 356 g/mol. The number of carbonyl (C=O) groups is 1. The summed E-state index contributed by atoms with van der Waals surface area (Å²) in [5.41, 5.74) is 4.36. The fraction of sp³-hybridized carbons (Fsp3) is 0.519. The summed E-state index contributed by atoms with van der Waals surface area (Å²) in [5.74, 6) is 0.724. The Bertz CT molecular complexity index is 838. The minimum absolute atomic E-state index is 0.000493. The lowest BCUT2D eigenvalue weighted by Crippen LogP contribution is -2.39. The highest BCUT2D eigenvalue weighted by Gasteiger charge is 2.49. The molecule has 2 nitrogen and oxygen atoms in total. The van der Waals surface area contributed by atoms with Crippen molar-refractivity contribution >= 4 is 5.97 Å². The standard InChI is InChI=1S/C27H34O2/c1-26(2,3)29-25(28)21-15-17-27(18-16-21)23(14-13-20-9-5-4-6-10-20)19-22-11-7-8-12-24(22)27/h4-12,21,23H,13-19H2,1-3H3. The van der Waals surface area contributed by atoms with Gasteiger partial charge < -0.3 is 4.74 Å². The zero-order valence-electron chi connectivity index (χ0n) is 18.1. The van der Waals surface area contributed by atoms with Gasteiger partial charge in [-0.2, -0.15) is 0 Å². The van der Waals surface area contributed by atoms with Crippen molar-refractivity contribution in [1.29, 1.82) is 0 Å². The van der Waals surface area contributed by atoms with Crippen LogP contribution in [0.25, 0.3) is 0 Å². The fourth-order valence-electron chi connectivity index (χ4n) is 5.66. The first-order valence-corrected chi connectivity index (χ1v) is 11.2. The van der Waals surface area contributed by atoms with Crippen LogP contribution in [0, 0.1) is 11.8 Å². The van der Waals surface area contributed by atoms with Crippen LogP contribution in [0.1, 0.15) is 69.6 Å². The highest BCUT2D eigenvalue weighted by Crippen LogP contribution is 2.54. The maximum atomic E-state index is 12.6. The normalized spacial score (nSPS) is 26.3. The van der Waals surface area contributed by atoms with Crippen molar-refractivity contribution in [2.24, 2.45) is 11.8 Å². The Balaban J connectivity index is 1.50. The van der Waals surface area contributed by atoms with E-state index in [2.05, 4.69) is 54.6 Å². The van der Waals surface area contributed by atoms with E-state index in [1.165, 1.54) is 24.0 Å². The Morgan fingerprint density at radius 1 is 1.00 bits per heavy atom. The quantitative estimate of drug-likeness (QED) is 0.576. The summed E-state index contributed by atoms with van der Waals surface area (Å²) in [6.45, 7) is 5.88. The molecule has 0 amide bonds. The van der Waals surface area contributed by atoms with E-state index in [1.807, 2.05) is 20.8 Å². The van der Waals surface area contributed by atoms with Gasteiger partial charge in [-0.25, -0.2) is 0 Å². The monoisotopic (exact) mass is 390 g/mol. The number of esters is 1. The van der Waals surface area contributed by atoms with Gasteiger partial charge in [0.2, 0.25) is 0 Å². The first kappa shape index (κ1) is 20.2. The molecule has 1 unspecified atom stereocenters. The average molecular weight is 391 g/mol. The average Bonchev–Trinajstić information content (AvgIpc) is 3.00. The Kier molecular flexibility index (Phi) is 5.55. The van der Waals surface area contributed by atoms with Crippen LogP contribution in [0.15, 0.2) is 54.6 Å². The molecule has 2 aromatic carbocycles. The SMILES string of the molecule is CC(C)(C)OC(=O)C1CCC2(CC1)c1ccccc1CC2CCc1ccccc1. The maximum Gasteiger partial charge on any atom is 0.309 e. The van der Waals surface area contributed by atoms with Crippen LogP contribution in [0.2, 0.25) is 0 Å². The largest absolute Gasteiger partial charge is 0.460 e. The molecule has 0 aromatic heterocycles.